The van der Waals surface area contributed by atoms with Crippen LogP contribution < -0.4 is 4.90 Å². The van der Waals surface area contributed by atoms with E-state index in [4.69, 9.17) is 21.3 Å². The highest BCUT2D eigenvalue weighted by Crippen LogP contribution is 2.25. The summed E-state index contributed by atoms with van der Waals surface area (Å²) in [6, 6.07) is 6.01. The molecule has 4 nitrogen and oxygen atoms in total. The number of hydrogen-bond donors (Lipinski definition) is 0. The van der Waals surface area contributed by atoms with Gasteiger partial charge in [0, 0.05) is 19.3 Å². The number of ether oxygens (including phenoxy) is 1. The highest BCUT2D eigenvalue weighted by atomic mass is 35.5. The summed E-state index contributed by atoms with van der Waals surface area (Å²) in [7, 11) is 0. The first-order chi connectivity index (χ1) is 9.33. The maximum Gasteiger partial charge on any atom is 0.152 e. The third-order valence-electron chi connectivity index (χ3n) is 3.63. The van der Waals surface area contributed by atoms with E-state index < -0.39 is 0 Å². The zero-order chi connectivity index (χ0) is 13.2. The van der Waals surface area contributed by atoms with Crippen LogP contribution in [-0.2, 0) is 10.6 Å². The Morgan fingerprint density at radius 3 is 3.16 bits per heavy atom. The van der Waals surface area contributed by atoms with Crippen LogP contribution in [0.1, 0.15) is 19.0 Å². The van der Waals surface area contributed by atoms with Crippen molar-refractivity contribution >= 4 is 23.1 Å². The van der Waals surface area contributed by atoms with Crippen molar-refractivity contribution in [2.45, 2.75) is 25.3 Å². The van der Waals surface area contributed by atoms with E-state index in [1.54, 1.807) is 0 Å². The predicted molar refractivity (Wildman–Crippen MR) is 77.0 cm³/mol. The van der Waals surface area contributed by atoms with Gasteiger partial charge in [0.15, 0.2) is 5.82 Å². The van der Waals surface area contributed by atoms with Crippen LogP contribution in [-0.4, -0.2) is 35.2 Å². The molecule has 5 heteroatoms. The molecule has 0 bridgehead atoms. The van der Waals surface area contributed by atoms with Crippen LogP contribution in [0.3, 0.4) is 0 Å². The van der Waals surface area contributed by atoms with Crippen LogP contribution >= 0.6 is 11.6 Å². The Hall–Kier alpha value is -1.26. The van der Waals surface area contributed by atoms with E-state index in [9.17, 15) is 0 Å². The molecule has 2 aromatic heterocycles. The molecule has 1 saturated heterocycles. The zero-order valence-corrected chi connectivity index (χ0v) is 11.8. The number of halogens is 1. The van der Waals surface area contributed by atoms with E-state index in [1.165, 1.54) is 0 Å². The summed E-state index contributed by atoms with van der Waals surface area (Å²) >= 11 is 6.12. The van der Waals surface area contributed by atoms with Gasteiger partial charge in [-0.3, -0.25) is 0 Å². The average Bonchev–Trinajstić information content (AvgIpc) is 2.86. The summed E-state index contributed by atoms with van der Waals surface area (Å²) in [4.78, 5) is 7.02. The van der Waals surface area contributed by atoms with E-state index in [1.807, 2.05) is 24.4 Å². The molecule has 0 radical (unpaired) electrons. The Labute approximate surface area is 117 Å². The third kappa shape index (κ3) is 2.30. The van der Waals surface area contributed by atoms with Gasteiger partial charge in [-0.2, -0.15) is 0 Å². The Kier molecular flexibility index (Phi) is 3.62. The quantitative estimate of drug-likeness (QED) is 0.809. The van der Waals surface area contributed by atoms with Crippen molar-refractivity contribution < 1.29 is 4.74 Å². The number of rotatable bonds is 3. The normalized spacial score (nSPS) is 20.1. The Morgan fingerprint density at radius 1 is 1.47 bits per heavy atom. The van der Waals surface area contributed by atoms with Crippen molar-refractivity contribution in [3.8, 4) is 0 Å². The van der Waals surface area contributed by atoms with E-state index in [0.29, 0.717) is 12.0 Å². The van der Waals surface area contributed by atoms with Gasteiger partial charge in [0.1, 0.15) is 5.65 Å². The van der Waals surface area contributed by atoms with Crippen molar-refractivity contribution in [1.82, 2.24) is 9.38 Å². The smallest absolute Gasteiger partial charge is 0.152 e. The second-order valence-corrected chi connectivity index (χ2v) is 5.06. The lowest BCUT2D eigenvalue weighted by atomic mass is 10.2. The molecule has 0 N–H and O–H groups in total. The second kappa shape index (κ2) is 5.39. The van der Waals surface area contributed by atoms with Crippen molar-refractivity contribution in [2.75, 3.05) is 24.6 Å². The zero-order valence-electron chi connectivity index (χ0n) is 11.1. The van der Waals surface area contributed by atoms with Gasteiger partial charge in [-0.25, -0.2) is 4.98 Å². The van der Waals surface area contributed by atoms with Crippen molar-refractivity contribution in [3.63, 3.8) is 0 Å². The van der Waals surface area contributed by atoms with Gasteiger partial charge in [-0.05, 0) is 18.6 Å². The Balaban J connectivity index is 1.99. The summed E-state index contributed by atoms with van der Waals surface area (Å²) in [5.74, 6) is 1.47. The molecule has 0 aromatic carbocycles. The highest BCUT2D eigenvalue weighted by Gasteiger charge is 2.24. The molecule has 3 rings (SSSR count). The molecule has 1 fully saturated rings. The molecule has 102 valence electrons. The summed E-state index contributed by atoms with van der Waals surface area (Å²) in [6.07, 6.45) is 3.34. The highest BCUT2D eigenvalue weighted by molar-refractivity contribution is 6.17. The molecular formula is C14H18ClN3O. The SMILES string of the molecule is CCC1CN(c2nc3ccccn3c2CCl)CCO1. The van der Waals surface area contributed by atoms with Gasteiger partial charge in [-0.15, -0.1) is 11.6 Å². The van der Waals surface area contributed by atoms with E-state index >= 15 is 0 Å². The fourth-order valence-electron chi connectivity index (χ4n) is 2.57. The van der Waals surface area contributed by atoms with E-state index in [2.05, 4.69) is 16.2 Å². The maximum absolute atomic E-state index is 6.12. The monoisotopic (exact) mass is 279 g/mol. The number of hydrogen-bond acceptors (Lipinski definition) is 3. The van der Waals surface area contributed by atoms with Gasteiger partial charge < -0.3 is 14.0 Å². The number of anilines is 1. The molecule has 0 amide bonds. The summed E-state index contributed by atoms with van der Waals surface area (Å²) in [5, 5.41) is 0. The second-order valence-electron chi connectivity index (χ2n) is 4.79. The molecule has 0 saturated carbocycles. The minimum absolute atomic E-state index is 0.293. The van der Waals surface area contributed by atoms with Gasteiger partial charge in [0.2, 0.25) is 0 Å². The summed E-state index contributed by atoms with van der Waals surface area (Å²) in [6.45, 7) is 4.68. The lowest BCUT2D eigenvalue weighted by Crippen LogP contribution is -2.42. The number of fused-ring (bicyclic) bond motifs is 1. The van der Waals surface area contributed by atoms with Crippen LogP contribution in [0.25, 0.3) is 5.65 Å². The number of pyridine rings is 1. The maximum atomic E-state index is 6.12. The Bertz CT molecular complexity index is 569. The van der Waals surface area contributed by atoms with Crippen LogP contribution in [0.4, 0.5) is 5.82 Å². The van der Waals surface area contributed by atoms with Crippen LogP contribution in [0.5, 0.6) is 0 Å². The molecule has 3 heterocycles. The number of imidazole rings is 1. The molecule has 1 atom stereocenters. The minimum Gasteiger partial charge on any atom is -0.375 e. The number of nitrogens with zero attached hydrogens (tertiary/aromatic N) is 3. The summed E-state index contributed by atoms with van der Waals surface area (Å²) in [5.41, 5.74) is 2.02. The first kappa shape index (κ1) is 12.8. The standard InChI is InChI=1S/C14H18ClN3O/c1-2-11-10-17(7-8-19-11)14-12(9-15)18-6-4-3-5-13(18)16-14/h3-6,11H,2,7-10H2,1H3. The number of alkyl halides is 1. The predicted octanol–water partition coefficient (Wildman–Crippen LogP) is 2.69. The van der Waals surface area contributed by atoms with Crippen molar-refractivity contribution in [2.24, 2.45) is 0 Å². The molecule has 0 spiro atoms. The van der Waals surface area contributed by atoms with E-state index in [0.717, 1.165) is 43.3 Å². The molecule has 0 aliphatic carbocycles. The average molecular weight is 280 g/mol. The van der Waals surface area contributed by atoms with Crippen molar-refractivity contribution in [1.29, 1.82) is 0 Å². The Morgan fingerprint density at radius 2 is 2.37 bits per heavy atom. The molecular weight excluding hydrogens is 262 g/mol. The van der Waals surface area contributed by atoms with Gasteiger partial charge in [0.25, 0.3) is 0 Å². The fourth-order valence-corrected chi connectivity index (χ4v) is 2.82. The number of aromatic nitrogens is 2. The summed E-state index contributed by atoms with van der Waals surface area (Å²) < 4.78 is 7.79. The lowest BCUT2D eigenvalue weighted by molar-refractivity contribution is 0.0381. The third-order valence-corrected chi connectivity index (χ3v) is 3.88. The van der Waals surface area contributed by atoms with Crippen LogP contribution in [0.15, 0.2) is 24.4 Å². The van der Waals surface area contributed by atoms with Gasteiger partial charge in [-0.1, -0.05) is 13.0 Å². The van der Waals surface area contributed by atoms with Crippen LogP contribution in [0.2, 0.25) is 0 Å². The fraction of sp³-hybridized carbons (Fsp3) is 0.500. The minimum atomic E-state index is 0.293. The van der Waals surface area contributed by atoms with E-state index in [-0.39, 0.29) is 0 Å². The molecule has 1 aliphatic rings. The van der Waals surface area contributed by atoms with Crippen molar-refractivity contribution in [3.05, 3.63) is 30.1 Å². The first-order valence-corrected chi connectivity index (χ1v) is 7.25. The lowest BCUT2D eigenvalue weighted by Gasteiger charge is -2.33. The molecule has 1 unspecified atom stereocenters. The largest absolute Gasteiger partial charge is 0.375 e. The number of morpholine rings is 1. The molecule has 2 aromatic rings. The molecule has 19 heavy (non-hydrogen) atoms. The first-order valence-electron chi connectivity index (χ1n) is 6.72. The van der Waals surface area contributed by atoms with Gasteiger partial charge in [0.05, 0.1) is 24.3 Å². The molecule has 1 aliphatic heterocycles. The van der Waals surface area contributed by atoms with Gasteiger partial charge >= 0.3 is 0 Å². The topological polar surface area (TPSA) is 29.8 Å². The van der Waals surface area contributed by atoms with Crippen LogP contribution in [0, 0.1) is 0 Å².